The number of fused-ring (bicyclic) bond motifs is 1. The number of rotatable bonds is 5. The molecule has 1 saturated heterocycles. The van der Waals surface area contributed by atoms with Crippen LogP contribution in [0.4, 0.5) is 0 Å². The van der Waals surface area contributed by atoms with Crippen LogP contribution in [0.5, 0.6) is 17.2 Å². The van der Waals surface area contributed by atoms with Gasteiger partial charge in [0.05, 0.1) is 12.2 Å². The Balaban J connectivity index is 1.50. The molecule has 3 rings (SSSR count). The summed E-state index contributed by atoms with van der Waals surface area (Å²) in [6, 6.07) is 5.63. The molecule has 1 aromatic carbocycles. The first kappa shape index (κ1) is 12.6. The molecule has 0 bridgehead atoms. The van der Waals surface area contributed by atoms with E-state index in [4.69, 9.17) is 18.9 Å². The monoisotopic (exact) mass is 265 g/mol. The van der Waals surface area contributed by atoms with Crippen LogP contribution in [-0.4, -0.2) is 39.2 Å². The summed E-state index contributed by atoms with van der Waals surface area (Å²) < 4.78 is 22.2. The van der Waals surface area contributed by atoms with Gasteiger partial charge in [-0.2, -0.15) is 0 Å². The molecule has 1 aromatic rings. The number of benzene rings is 1. The molecule has 2 aliphatic heterocycles. The Morgan fingerprint density at radius 3 is 2.95 bits per heavy atom. The standard InChI is InChI=1S/C14H19NO4/c1-15-7-11-2-3-12(19-11)8-16-10-4-5-13-14(6-10)18-9-17-13/h4-6,11-12,15H,2-3,7-9H2,1H3. The number of hydrogen-bond donors (Lipinski definition) is 1. The molecule has 19 heavy (non-hydrogen) atoms. The van der Waals surface area contributed by atoms with Crippen molar-refractivity contribution in [2.75, 3.05) is 27.0 Å². The molecule has 1 fully saturated rings. The molecule has 0 radical (unpaired) electrons. The van der Waals surface area contributed by atoms with E-state index < -0.39 is 0 Å². The van der Waals surface area contributed by atoms with Gasteiger partial charge in [-0.1, -0.05) is 0 Å². The first-order chi connectivity index (χ1) is 9.35. The first-order valence-corrected chi connectivity index (χ1v) is 6.67. The summed E-state index contributed by atoms with van der Waals surface area (Å²) in [6.07, 6.45) is 2.64. The summed E-state index contributed by atoms with van der Waals surface area (Å²) in [5, 5.41) is 3.14. The third-order valence-electron chi connectivity index (χ3n) is 3.41. The second kappa shape index (κ2) is 5.67. The molecule has 5 nitrogen and oxygen atoms in total. The van der Waals surface area contributed by atoms with E-state index in [9.17, 15) is 0 Å². The zero-order valence-corrected chi connectivity index (χ0v) is 11.1. The third kappa shape index (κ3) is 2.93. The summed E-state index contributed by atoms with van der Waals surface area (Å²) in [6.45, 7) is 1.77. The van der Waals surface area contributed by atoms with Crippen molar-refractivity contribution in [1.82, 2.24) is 5.32 Å². The van der Waals surface area contributed by atoms with Crippen molar-refractivity contribution >= 4 is 0 Å². The van der Waals surface area contributed by atoms with Crippen LogP contribution in [0.15, 0.2) is 18.2 Å². The van der Waals surface area contributed by atoms with Crippen LogP contribution >= 0.6 is 0 Å². The van der Waals surface area contributed by atoms with Crippen molar-refractivity contribution in [2.45, 2.75) is 25.0 Å². The van der Waals surface area contributed by atoms with Gasteiger partial charge in [-0.05, 0) is 32.0 Å². The molecule has 2 aliphatic rings. The van der Waals surface area contributed by atoms with E-state index in [1.165, 1.54) is 0 Å². The lowest BCUT2D eigenvalue weighted by molar-refractivity contribution is 0.0193. The molecule has 1 N–H and O–H groups in total. The lowest BCUT2D eigenvalue weighted by atomic mass is 10.2. The SMILES string of the molecule is CNCC1CCC(COc2ccc3c(c2)OCO3)O1. The summed E-state index contributed by atoms with van der Waals surface area (Å²) in [4.78, 5) is 0. The van der Waals surface area contributed by atoms with Crippen molar-refractivity contribution in [3.63, 3.8) is 0 Å². The maximum absolute atomic E-state index is 5.87. The van der Waals surface area contributed by atoms with Gasteiger partial charge in [-0.3, -0.25) is 0 Å². The minimum atomic E-state index is 0.184. The topological polar surface area (TPSA) is 49.0 Å². The van der Waals surface area contributed by atoms with Crippen molar-refractivity contribution in [3.8, 4) is 17.2 Å². The van der Waals surface area contributed by atoms with Gasteiger partial charge in [0.2, 0.25) is 6.79 Å². The van der Waals surface area contributed by atoms with Crippen LogP contribution in [0.3, 0.4) is 0 Å². The van der Waals surface area contributed by atoms with Crippen LogP contribution in [0.2, 0.25) is 0 Å². The minimum Gasteiger partial charge on any atom is -0.491 e. The van der Waals surface area contributed by atoms with Crippen LogP contribution < -0.4 is 19.5 Å². The predicted octanol–water partition coefficient (Wildman–Crippen LogP) is 1.56. The summed E-state index contributed by atoms with van der Waals surface area (Å²) in [5.41, 5.74) is 0. The summed E-state index contributed by atoms with van der Waals surface area (Å²) in [5.74, 6) is 2.32. The number of ether oxygens (including phenoxy) is 4. The molecular formula is C14H19NO4. The van der Waals surface area contributed by atoms with Crippen molar-refractivity contribution in [2.24, 2.45) is 0 Å². The van der Waals surface area contributed by atoms with E-state index in [2.05, 4.69) is 5.32 Å². The highest BCUT2D eigenvalue weighted by Crippen LogP contribution is 2.35. The number of hydrogen-bond acceptors (Lipinski definition) is 5. The normalized spacial score (nSPS) is 24.7. The second-order valence-corrected chi connectivity index (χ2v) is 4.84. The zero-order valence-electron chi connectivity index (χ0n) is 11.1. The molecule has 5 heteroatoms. The first-order valence-electron chi connectivity index (χ1n) is 6.67. The Morgan fingerprint density at radius 2 is 2.05 bits per heavy atom. The number of nitrogens with one attached hydrogen (secondary N) is 1. The Morgan fingerprint density at radius 1 is 1.21 bits per heavy atom. The highest BCUT2D eigenvalue weighted by molar-refractivity contribution is 5.46. The molecule has 104 valence electrons. The maximum atomic E-state index is 5.87. The Kier molecular flexibility index (Phi) is 3.75. The number of likely N-dealkylation sites (N-methyl/N-ethyl adjacent to an activating group) is 1. The maximum Gasteiger partial charge on any atom is 0.231 e. The molecule has 0 aromatic heterocycles. The Bertz CT molecular complexity index is 437. The van der Waals surface area contributed by atoms with Crippen molar-refractivity contribution in [1.29, 1.82) is 0 Å². The van der Waals surface area contributed by atoms with Gasteiger partial charge in [-0.25, -0.2) is 0 Å². The molecule has 0 saturated carbocycles. The quantitative estimate of drug-likeness (QED) is 0.875. The van der Waals surface area contributed by atoms with E-state index in [1.807, 2.05) is 25.2 Å². The van der Waals surface area contributed by atoms with Crippen LogP contribution in [0.1, 0.15) is 12.8 Å². The second-order valence-electron chi connectivity index (χ2n) is 4.84. The van der Waals surface area contributed by atoms with E-state index >= 15 is 0 Å². The van der Waals surface area contributed by atoms with E-state index in [0.29, 0.717) is 12.7 Å². The predicted molar refractivity (Wildman–Crippen MR) is 69.9 cm³/mol. The van der Waals surface area contributed by atoms with Gasteiger partial charge in [0.15, 0.2) is 11.5 Å². The molecule has 0 amide bonds. The van der Waals surface area contributed by atoms with Gasteiger partial charge >= 0.3 is 0 Å². The van der Waals surface area contributed by atoms with Gasteiger partial charge in [0, 0.05) is 12.6 Å². The largest absolute Gasteiger partial charge is 0.491 e. The highest BCUT2D eigenvalue weighted by atomic mass is 16.7. The van der Waals surface area contributed by atoms with Gasteiger partial charge in [0.1, 0.15) is 12.4 Å². The van der Waals surface area contributed by atoms with Crippen molar-refractivity contribution in [3.05, 3.63) is 18.2 Å². The molecule has 0 aliphatic carbocycles. The zero-order chi connectivity index (χ0) is 13.1. The molecule has 2 heterocycles. The lowest BCUT2D eigenvalue weighted by Crippen LogP contribution is -2.25. The summed E-state index contributed by atoms with van der Waals surface area (Å²) >= 11 is 0. The third-order valence-corrected chi connectivity index (χ3v) is 3.41. The molecule has 0 spiro atoms. The van der Waals surface area contributed by atoms with Gasteiger partial charge < -0.3 is 24.3 Å². The van der Waals surface area contributed by atoms with Crippen LogP contribution in [-0.2, 0) is 4.74 Å². The fourth-order valence-corrected chi connectivity index (χ4v) is 2.44. The minimum absolute atomic E-state index is 0.184. The fourth-order valence-electron chi connectivity index (χ4n) is 2.44. The Labute approximate surface area is 112 Å². The highest BCUT2D eigenvalue weighted by Gasteiger charge is 2.25. The van der Waals surface area contributed by atoms with Gasteiger partial charge in [-0.15, -0.1) is 0 Å². The average Bonchev–Trinajstić information content (AvgIpc) is 3.04. The fraction of sp³-hybridized carbons (Fsp3) is 0.571. The van der Waals surface area contributed by atoms with E-state index in [0.717, 1.165) is 36.6 Å². The van der Waals surface area contributed by atoms with E-state index in [-0.39, 0.29) is 12.9 Å². The molecule has 2 unspecified atom stereocenters. The average molecular weight is 265 g/mol. The van der Waals surface area contributed by atoms with Crippen molar-refractivity contribution < 1.29 is 18.9 Å². The molecule has 2 atom stereocenters. The lowest BCUT2D eigenvalue weighted by Gasteiger charge is -2.14. The van der Waals surface area contributed by atoms with Crippen LogP contribution in [0, 0.1) is 0 Å². The van der Waals surface area contributed by atoms with Crippen LogP contribution in [0.25, 0.3) is 0 Å². The van der Waals surface area contributed by atoms with E-state index in [1.54, 1.807) is 0 Å². The Hall–Kier alpha value is -1.46. The summed E-state index contributed by atoms with van der Waals surface area (Å²) in [7, 11) is 1.94. The van der Waals surface area contributed by atoms with Gasteiger partial charge in [0.25, 0.3) is 0 Å². The smallest absolute Gasteiger partial charge is 0.231 e. The molecular weight excluding hydrogens is 246 g/mol.